The van der Waals surface area contributed by atoms with E-state index in [-0.39, 0.29) is 29.8 Å². The topological polar surface area (TPSA) is 59.4 Å². The van der Waals surface area contributed by atoms with E-state index in [9.17, 15) is 9.18 Å². The standard InChI is InChI=1S/C26H31FN4O2/c1-2-3-12-31-24-7-5-4-6-23(24)25(29-31)26(32)28-20-13-21-16-33-17-22(14-20)30(21)15-18-8-10-19(27)11-9-18/h4-11,20-22H,2-3,12-17H2,1H3,(H,28,32). The number of hydrogen-bond donors (Lipinski definition) is 1. The lowest BCUT2D eigenvalue weighted by Crippen LogP contribution is -2.60. The second kappa shape index (κ2) is 9.61. The maximum atomic E-state index is 13.3. The number of morpholine rings is 1. The van der Waals surface area contributed by atoms with Crippen molar-refractivity contribution in [3.8, 4) is 0 Å². The first kappa shape index (κ1) is 22.0. The van der Waals surface area contributed by atoms with E-state index in [1.165, 1.54) is 12.1 Å². The van der Waals surface area contributed by atoms with Gasteiger partial charge < -0.3 is 10.1 Å². The number of nitrogens with zero attached hydrogens (tertiary/aromatic N) is 3. The van der Waals surface area contributed by atoms with Gasteiger partial charge in [-0.1, -0.05) is 43.7 Å². The van der Waals surface area contributed by atoms with Crippen LogP contribution in [0.25, 0.3) is 10.9 Å². The molecule has 6 nitrogen and oxygen atoms in total. The summed E-state index contributed by atoms with van der Waals surface area (Å²) in [6.07, 6.45) is 3.77. The highest BCUT2D eigenvalue weighted by atomic mass is 19.1. The van der Waals surface area contributed by atoms with E-state index in [0.717, 1.165) is 55.2 Å². The van der Waals surface area contributed by atoms with Crippen molar-refractivity contribution in [1.29, 1.82) is 0 Å². The second-order valence-electron chi connectivity index (χ2n) is 9.23. The molecule has 0 spiro atoms. The van der Waals surface area contributed by atoms with Crippen LogP contribution in [-0.4, -0.2) is 51.9 Å². The first-order chi connectivity index (χ1) is 16.1. The van der Waals surface area contributed by atoms with Gasteiger partial charge in [-0.15, -0.1) is 0 Å². The molecule has 5 rings (SSSR count). The van der Waals surface area contributed by atoms with Gasteiger partial charge in [-0.3, -0.25) is 14.4 Å². The van der Waals surface area contributed by atoms with Crippen LogP contribution in [-0.2, 0) is 17.8 Å². The van der Waals surface area contributed by atoms with Crippen LogP contribution in [0, 0.1) is 5.82 Å². The SMILES string of the molecule is CCCCn1nc(C(=O)NC2CC3COCC(C2)N3Cc2ccc(F)cc2)c2ccccc21. The van der Waals surface area contributed by atoms with E-state index in [1.54, 1.807) is 0 Å². The number of halogens is 1. The third-order valence-electron chi connectivity index (χ3n) is 6.88. The molecule has 2 aliphatic rings. The van der Waals surface area contributed by atoms with Crippen molar-refractivity contribution < 1.29 is 13.9 Å². The summed E-state index contributed by atoms with van der Waals surface area (Å²) >= 11 is 0. The molecule has 2 saturated heterocycles. The monoisotopic (exact) mass is 450 g/mol. The number of benzene rings is 2. The van der Waals surface area contributed by atoms with Gasteiger partial charge in [0.15, 0.2) is 5.69 Å². The van der Waals surface area contributed by atoms with Gasteiger partial charge in [0.2, 0.25) is 0 Å². The van der Waals surface area contributed by atoms with Gasteiger partial charge in [-0.25, -0.2) is 4.39 Å². The normalized spacial score (nSPS) is 23.0. The van der Waals surface area contributed by atoms with E-state index in [0.29, 0.717) is 18.9 Å². The first-order valence-corrected chi connectivity index (χ1v) is 12.0. The lowest BCUT2D eigenvalue weighted by atomic mass is 9.89. The van der Waals surface area contributed by atoms with E-state index in [2.05, 4.69) is 22.2 Å². The number of rotatable bonds is 7. The number of ether oxygens (including phenoxy) is 1. The zero-order valence-electron chi connectivity index (χ0n) is 19.0. The number of para-hydroxylation sites is 1. The van der Waals surface area contributed by atoms with Crippen LogP contribution in [0.5, 0.6) is 0 Å². The second-order valence-corrected chi connectivity index (χ2v) is 9.23. The Morgan fingerprint density at radius 2 is 1.85 bits per heavy atom. The molecule has 0 aliphatic carbocycles. The van der Waals surface area contributed by atoms with E-state index < -0.39 is 0 Å². The minimum atomic E-state index is -0.214. The highest BCUT2D eigenvalue weighted by molar-refractivity contribution is 6.05. The molecule has 2 aromatic carbocycles. The summed E-state index contributed by atoms with van der Waals surface area (Å²) in [5.74, 6) is -0.314. The average molecular weight is 451 g/mol. The predicted molar refractivity (Wildman–Crippen MR) is 125 cm³/mol. The minimum Gasteiger partial charge on any atom is -0.378 e. The van der Waals surface area contributed by atoms with Gasteiger partial charge in [0, 0.05) is 36.6 Å². The van der Waals surface area contributed by atoms with Crippen LogP contribution < -0.4 is 5.32 Å². The van der Waals surface area contributed by atoms with Crippen LogP contribution >= 0.6 is 0 Å². The number of unbranched alkanes of at least 4 members (excludes halogenated alkanes) is 1. The molecular formula is C26H31FN4O2. The molecule has 2 bridgehead atoms. The Labute approximate surface area is 193 Å². The van der Waals surface area contributed by atoms with E-state index in [1.807, 2.05) is 41.1 Å². The van der Waals surface area contributed by atoms with E-state index in [4.69, 9.17) is 4.74 Å². The number of aryl methyl sites for hydroxylation is 1. The molecule has 7 heteroatoms. The van der Waals surface area contributed by atoms with Crippen molar-refractivity contribution in [1.82, 2.24) is 20.0 Å². The van der Waals surface area contributed by atoms with Crippen LogP contribution in [0.3, 0.4) is 0 Å². The molecule has 3 aromatic rings. The fraction of sp³-hybridized carbons (Fsp3) is 0.462. The molecule has 0 saturated carbocycles. The fourth-order valence-electron chi connectivity index (χ4n) is 5.19. The van der Waals surface area contributed by atoms with Crippen LogP contribution in [0.15, 0.2) is 48.5 Å². The number of fused-ring (bicyclic) bond motifs is 3. The third-order valence-corrected chi connectivity index (χ3v) is 6.88. The molecule has 2 atom stereocenters. The van der Waals surface area contributed by atoms with Crippen molar-refractivity contribution in [3.05, 3.63) is 65.6 Å². The minimum absolute atomic E-state index is 0.0837. The maximum absolute atomic E-state index is 13.3. The Morgan fingerprint density at radius 1 is 1.12 bits per heavy atom. The average Bonchev–Trinajstić information content (AvgIpc) is 3.18. The zero-order valence-corrected chi connectivity index (χ0v) is 19.0. The molecule has 3 heterocycles. The highest BCUT2D eigenvalue weighted by Gasteiger charge is 2.39. The first-order valence-electron chi connectivity index (χ1n) is 12.0. The molecule has 1 amide bonds. The summed E-state index contributed by atoms with van der Waals surface area (Å²) in [5.41, 5.74) is 2.62. The summed E-state index contributed by atoms with van der Waals surface area (Å²) in [6, 6.07) is 15.2. The summed E-state index contributed by atoms with van der Waals surface area (Å²) in [4.78, 5) is 15.7. The number of aromatic nitrogens is 2. The van der Waals surface area contributed by atoms with Crippen LogP contribution in [0.4, 0.5) is 4.39 Å². The zero-order chi connectivity index (χ0) is 22.8. The number of piperidine rings is 1. The van der Waals surface area contributed by atoms with Crippen LogP contribution in [0.1, 0.15) is 48.7 Å². The molecule has 174 valence electrons. The molecular weight excluding hydrogens is 419 g/mol. The van der Waals surface area contributed by atoms with Gasteiger partial charge in [0.05, 0.1) is 18.7 Å². The van der Waals surface area contributed by atoms with Crippen molar-refractivity contribution in [2.75, 3.05) is 13.2 Å². The highest BCUT2D eigenvalue weighted by Crippen LogP contribution is 2.30. The van der Waals surface area contributed by atoms with Gasteiger partial charge in [-0.05, 0) is 43.0 Å². The number of carbonyl (C=O) groups excluding carboxylic acids is 1. The molecule has 2 aliphatic heterocycles. The Bertz CT molecular complexity index is 1100. The third kappa shape index (κ3) is 4.66. The summed E-state index contributed by atoms with van der Waals surface area (Å²) in [7, 11) is 0. The quantitative estimate of drug-likeness (QED) is 0.588. The maximum Gasteiger partial charge on any atom is 0.272 e. The Balaban J connectivity index is 1.29. The largest absolute Gasteiger partial charge is 0.378 e. The van der Waals surface area contributed by atoms with Crippen molar-refractivity contribution in [2.24, 2.45) is 0 Å². The number of carbonyl (C=O) groups is 1. The van der Waals surface area contributed by atoms with Crippen molar-refractivity contribution in [3.63, 3.8) is 0 Å². The predicted octanol–water partition coefficient (Wildman–Crippen LogP) is 4.14. The Hall–Kier alpha value is -2.77. The lowest BCUT2D eigenvalue weighted by Gasteiger charge is -2.48. The Kier molecular flexibility index (Phi) is 6.42. The summed E-state index contributed by atoms with van der Waals surface area (Å²) in [5, 5.41) is 8.86. The number of hydrogen-bond acceptors (Lipinski definition) is 4. The molecule has 33 heavy (non-hydrogen) atoms. The van der Waals surface area contributed by atoms with Gasteiger partial charge in [-0.2, -0.15) is 5.10 Å². The Morgan fingerprint density at radius 3 is 2.58 bits per heavy atom. The number of nitrogens with one attached hydrogen (secondary N) is 1. The van der Waals surface area contributed by atoms with Crippen molar-refractivity contribution in [2.45, 2.75) is 63.8 Å². The van der Waals surface area contributed by atoms with Crippen LogP contribution in [0.2, 0.25) is 0 Å². The van der Waals surface area contributed by atoms with Gasteiger partial charge in [0.25, 0.3) is 5.91 Å². The smallest absolute Gasteiger partial charge is 0.272 e. The van der Waals surface area contributed by atoms with E-state index >= 15 is 0 Å². The number of amides is 1. The molecule has 0 radical (unpaired) electrons. The molecule has 2 fully saturated rings. The molecule has 1 N–H and O–H groups in total. The summed E-state index contributed by atoms with van der Waals surface area (Å²) in [6.45, 7) is 5.04. The van der Waals surface area contributed by atoms with Gasteiger partial charge in [0.1, 0.15) is 5.82 Å². The summed E-state index contributed by atoms with van der Waals surface area (Å²) < 4.78 is 21.1. The van der Waals surface area contributed by atoms with Gasteiger partial charge >= 0.3 is 0 Å². The van der Waals surface area contributed by atoms with Crippen molar-refractivity contribution >= 4 is 16.8 Å². The fourth-order valence-corrected chi connectivity index (χ4v) is 5.19. The molecule has 2 unspecified atom stereocenters. The molecule has 1 aromatic heterocycles. The lowest BCUT2D eigenvalue weighted by molar-refractivity contribution is -0.0843.